The Balaban J connectivity index is 1.41. The van der Waals surface area contributed by atoms with Crippen LogP contribution >= 0.6 is 0 Å². The lowest BCUT2D eigenvalue weighted by molar-refractivity contribution is -0.260. The molecule has 3 aromatic rings. The lowest BCUT2D eigenvalue weighted by atomic mass is 10.0. The minimum Gasteiger partial charge on any atom is -0.497 e. The van der Waals surface area contributed by atoms with Crippen LogP contribution in [0.3, 0.4) is 0 Å². The second-order valence-corrected chi connectivity index (χ2v) is 8.24. The number of aliphatic hydroxyl groups excluding tert-OH is 1. The van der Waals surface area contributed by atoms with Crippen LogP contribution in [0.25, 0.3) is 0 Å². The third kappa shape index (κ3) is 6.03. The molecule has 1 fully saturated rings. The number of methoxy groups -OCH3 is 2. The summed E-state index contributed by atoms with van der Waals surface area (Å²) in [6.45, 7) is -0.174. The molecule has 0 amide bonds. The lowest BCUT2D eigenvalue weighted by Crippen LogP contribution is -2.56. The third-order valence-corrected chi connectivity index (χ3v) is 5.89. The molecule has 1 aliphatic rings. The quantitative estimate of drug-likeness (QED) is 0.363. The van der Waals surface area contributed by atoms with E-state index in [1.807, 2.05) is 6.07 Å². The molecule has 192 valence electrons. The van der Waals surface area contributed by atoms with Crippen LogP contribution in [0, 0.1) is 0 Å². The maximum absolute atomic E-state index is 12.7. The van der Waals surface area contributed by atoms with Gasteiger partial charge in [-0.1, -0.05) is 42.5 Å². The molecule has 3 aromatic carbocycles. The fraction of sp³-hybridized carbons (Fsp3) is 0.250. The summed E-state index contributed by atoms with van der Waals surface area (Å²) in [7, 11) is 2.85. The molecule has 37 heavy (non-hydrogen) atoms. The predicted molar refractivity (Wildman–Crippen MR) is 130 cm³/mol. The molecule has 0 bridgehead atoms. The highest BCUT2D eigenvalue weighted by molar-refractivity contribution is 6.09. The van der Waals surface area contributed by atoms with Crippen LogP contribution in [-0.2, 0) is 18.9 Å². The number of hydrogen-bond donors (Lipinski definition) is 1. The van der Waals surface area contributed by atoms with Gasteiger partial charge in [-0.2, -0.15) is 0 Å². The first-order valence-corrected chi connectivity index (χ1v) is 11.5. The molecular weight excluding hydrogens is 480 g/mol. The molecule has 0 aliphatic carbocycles. The zero-order valence-electron chi connectivity index (χ0n) is 20.2. The first-order valence-electron chi connectivity index (χ1n) is 11.5. The first kappa shape index (κ1) is 26.0. The Morgan fingerprint density at radius 2 is 1.30 bits per heavy atom. The van der Waals surface area contributed by atoms with Crippen LogP contribution in [-0.4, -0.2) is 68.3 Å². The number of ketones is 1. The molecule has 1 aliphatic heterocycles. The summed E-state index contributed by atoms with van der Waals surface area (Å²) in [4.78, 5) is 38.0. The maximum Gasteiger partial charge on any atom is 0.338 e. The van der Waals surface area contributed by atoms with Crippen molar-refractivity contribution in [3.8, 4) is 5.75 Å². The molecular formula is C28H26O9. The summed E-state index contributed by atoms with van der Waals surface area (Å²) in [5, 5.41) is 10.9. The van der Waals surface area contributed by atoms with Crippen molar-refractivity contribution in [1.82, 2.24) is 0 Å². The van der Waals surface area contributed by atoms with Gasteiger partial charge in [-0.05, 0) is 36.4 Å². The van der Waals surface area contributed by atoms with Crippen LogP contribution in [0.15, 0.2) is 78.9 Å². The topological polar surface area (TPSA) is 118 Å². The number of aliphatic hydroxyl groups is 1. The normalized spacial score (nSPS) is 21.1. The van der Waals surface area contributed by atoms with Crippen molar-refractivity contribution in [2.24, 2.45) is 0 Å². The molecule has 0 saturated carbocycles. The zero-order valence-corrected chi connectivity index (χ0v) is 20.2. The average Bonchev–Trinajstić information content (AvgIpc) is 2.95. The second-order valence-electron chi connectivity index (χ2n) is 8.24. The molecule has 1 saturated heterocycles. The van der Waals surface area contributed by atoms with Gasteiger partial charge in [0.15, 0.2) is 24.3 Å². The SMILES string of the molecule is COc1ccc(C(=O)O[C@H]2[C@H](OC)OC[C@@H](OC(=O)c3ccc(C(=O)c4ccccc4)cc3)[C@@H]2O)cc1. The van der Waals surface area contributed by atoms with Crippen molar-refractivity contribution in [2.75, 3.05) is 20.8 Å². The molecule has 0 radical (unpaired) electrons. The number of carbonyl (C=O) groups is 3. The number of hydrogen-bond acceptors (Lipinski definition) is 9. The van der Waals surface area contributed by atoms with Gasteiger partial charge in [0, 0.05) is 18.2 Å². The van der Waals surface area contributed by atoms with Gasteiger partial charge in [0.25, 0.3) is 0 Å². The van der Waals surface area contributed by atoms with Gasteiger partial charge in [-0.3, -0.25) is 4.79 Å². The molecule has 4 rings (SSSR count). The molecule has 0 unspecified atom stereocenters. The maximum atomic E-state index is 12.7. The molecule has 0 aromatic heterocycles. The second kappa shape index (κ2) is 11.8. The Kier molecular flexibility index (Phi) is 8.29. The van der Waals surface area contributed by atoms with Gasteiger partial charge in [-0.15, -0.1) is 0 Å². The van der Waals surface area contributed by atoms with Crippen LogP contribution in [0.4, 0.5) is 0 Å². The van der Waals surface area contributed by atoms with Gasteiger partial charge >= 0.3 is 11.9 Å². The number of benzene rings is 3. The van der Waals surface area contributed by atoms with Gasteiger partial charge in [0.2, 0.25) is 0 Å². The fourth-order valence-corrected chi connectivity index (χ4v) is 3.82. The Labute approximate surface area is 213 Å². The number of carbonyl (C=O) groups excluding carboxylic acids is 3. The van der Waals surface area contributed by atoms with E-state index in [1.54, 1.807) is 36.4 Å². The number of ether oxygens (including phenoxy) is 5. The summed E-state index contributed by atoms with van der Waals surface area (Å²) in [6, 6.07) is 21.0. The van der Waals surface area contributed by atoms with Crippen molar-refractivity contribution >= 4 is 17.7 Å². The minimum absolute atomic E-state index is 0.174. The monoisotopic (exact) mass is 506 g/mol. The van der Waals surface area contributed by atoms with E-state index in [-0.39, 0.29) is 23.5 Å². The van der Waals surface area contributed by atoms with Crippen molar-refractivity contribution in [3.63, 3.8) is 0 Å². The Bertz CT molecular complexity index is 1220. The van der Waals surface area contributed by atoms with Crippen LogP contribution in [0.5, 0.6) is 5.75 Å². The highest BCUT2D eigenvalue weighted by atomic mass is 16.7. The van der Waals surface area contributed by atoms with E-state index in [0.717, 1.165) is 0 Å². The highest BCUT2D eigenvalue weighted by Gasteiger charge is 2.44. The van der Waals surface area contributed by atoms with Crippen molar-refractivity contribution < 1.29 is 43.2 Å². The van der Waals surface area contributed by atoms with Crippen LogP contribution in [0.1, 0.15) is 36.6 Å². The number of esters is 2. The molecule has 1 N–H and O–H groups in total. The fourth-order valence-electron chi connectivity index (χ4n) is 3.82. The predicted octanol–water partition coefficient (Wildman–Crippen LogP) is 3.04. The van der Waals surface area contributed by atoms with E-state index in [4.69, 9.17) is 23.7 Å². The van der Waals surface area contributed by atoms with Crippen molar-refractivity contribution in [1.29, 1.82) is 0 Å². The van der Waals surface area contributed by atoms with Crippen LogP contribution < -0.4 is 4.74 Å². The van der Waals surface area contributed by atoms with Crippen molar-refractivity contribution in [3.05, 3.63) is 101 Å². The summed E-state index contributed by atoms with van der Waals surface area (Å²) >= 11 is 0. The lowest BCUT2D eigenvalue weighted by Gasteiger charge is -2.38. The Morgan fingerprint density at radius 1 is 0.757 bits per heavy atom. The van der Waals surface area contributed by atoms with E-state index >= 15 is 0 Å². The van der Waals surface area contributed by atoms with E-state index in [0.29, 0.717) is 16.9 Å². The van der Waals surface area contributed by atoms with Crippen molar-refractivity contribution in [2.45, 2.75) is 24.6 Å². The van der Waals surface area contributed by atoms with E-state index in [1.165, 1.54) is 50.6 Å². The zero-order chi connectivity index (χ0) is 26.4. The van der Waals surface area contributed by atoms with Gasteiger partial charge in [-0.25, -0.2) is 9.59 Å². The minimum atomic E-state index is -1.41. The van der Waals surface area contributed by atoms with E-state index in [9.17, 15) is 19.5 Å². The first-order chi connectivity index (χ1) is 17.9. The largest absolute Gasteiger partial charge is 0.497 e. The molecule has 9 heteroatoms. The summed E-state index contributed by atoms with van der Waals surface area (Å²) in [6.07, 6.45) is -4.85. The highest BCUT2D eigenvalue weighted by Crippen LogP contribution is 2.24. The van der Waals surface area contributed by atoms with Gasteiger partial charge in [0.1, 0.15) is 11.9 Å². The smallest absolute Gasteiger partial charge is 0.338 e. The average molecular weight is 507 g/mol. The van der Waals surface area contributed by atoms with E-state index < -0.39 is 36.5 Å². The molecule has 0 spiro atoms. The third-order valence-electron chi connectivity index (χ3n) is 5.89. The Hall–Kier alpha value is -4.05. The summed E-state index contributed by atoms with van der Waals surface area (Å²) < 4.78 is 26.7. The standard InChI is InChI=1S/C28H26O9/c1-33-21-14-12-20(13-15-21)27(32)37-25-24(30)22(16-35-28(25)34-2)36-26(31)19-10-8-18(9-11-19)23(29)17-6-4-3-5-7-17/h3-15,22,24-25,28,30H,16H2,1-2H3/t22-,24+,25-,28-/m1/s1. The Morgan fingerprint density at radius 3 is 1.89 bits per heavy atom. The van der Waals surface area contributed by atoms with Gasteiger partial charge in [0.05, 0.1) is 24.8 Å². The summed E-state index contributed by atoms with van der Waals surface area (Å²) in [5.74, 6) is -1.06. The van der Waals surface area contributed by atoms with E-state index in [2.05, 4.69) is 0 Å². The molecule has 1 heterocycles. The number of rotatable bonds is 8. The molecule has 9 nitrogen and oxygen atoms in total. The van der Waals surface area contributed by atoms with Crippen LogP contribution in [0.2, 0.25) is 0 Å². The molecule has 4 atom stereocenters. The summed E-state index contributed by atoms with van der Waals surface area (Å²) in [5.41, 5.74) is 1.35. The van der Waals surface area contributed by atoms with Gasteiger partial charge < -0.3 is 28.8 Å².